The SMILES string of the molecule is COc1cc(/C=C/C(=O)c2cccc(-n3cccc3)c2)ccc1OCC(=O)Nc1ccccc1C. The largest absolute Gasteiger partial charge is 0.493 e. The van der Waals surface area contributed by atoms with Crippen LogP contribution < -0.4 is 14.8 Å². The first-order chi connectivity index (χ1) is 17.0. The predicted octanol–water partition coefficient (Wildman–Crippen LogP) is 5.71. The van der Waals surface area contributed by atoms with E-state index in [0.717, 1.165) is 22.5 Å². The summed E-state index contributed by atoms with van der Waals surface area (Å²) in [7, 11) is 1.53. The van der Waals surface area contributed by atoms with E-state index in [9.17, 15) is 9.59 Å². The van der Waals surface area contributed by atoms with E-state index >= 15 is 0 Å². The first-order valence-corrected chi connectivity index (χ1v) is 11.2. The molecule has 35 heavy (non-hydrogen) atoms. The summed E-state index contributed by atoms with van der Waals surface area (Å²) in [5, 5.41) is 2.84. The van der Waals surface area contributed by atoms with Crippen LogP contribution in [0.5, 0.6) is 11.5 Å². The molecule has 0 atom stereocenters. The maximum atomic E-state index is 12.7. The van der Waals surface area contributed by atoms with Crippen LogP contribution in [0.25, 0.3) is 11.8 Å². The van der Waals surface area contributed by atoms with Crippen LogP contribution >= 0.6 is 0 Å². The molecule has 1 amide bonds. The number of hydrogen-bond acceptors (Lipinski definition) is 4. The molecule has 1 aromatic heterocycles. The first kappa shape index (κ1) is 23.6. The van der Waals surface area contributed by atoms with Gasteiger partial charge in [0.15, 0.2) is 23.9 Å². The number of nitrogens with zero attached hydrogens (tertiary/aromatic N) is 1. The lowest BCUT2D eigenvalue weighted by atomic mass is 10.1. The number of ether oxygens (including phenoxy) is 2. The summed E-state index contributed by atoms with van der Waals surface area (Å²) < 4.78 is 13.0. The van der Waals surface area contributed by atoms with Gasteiger partial charge in [-0.25, -0.2) is 0 Å². The molecule has 0 radical (unpaired) electrons. The number of ketones is 1. The van der Waals surface area contributed by atoms with Gasteiger partial charge in [-0.1, -0.05) is 42.5 Å². The Labute approximate surface area is 204 Å². The molecule has 1 heterocycles. The lowest BCUT2D eigenvalue weighted by molar-refractivity contribution is -0.118. The van der Waals surface area contributed by atoms with Crippen molar-refractivity contribution in [3.05, 3.63) is 114 Å². The van der Waals surface area contributed by atoms with Gasteiger partial charge in [-0.2, -0.15) is 0 Å². The highest BCUT2D eigenvalue weighted by Crippen LogP contribution is 2.29. The summed E-state index contributed by atoms with van der Waals surface area (Å²) in [6, 6.07) is 24.2. The smallest absolute Gasteiger partial charge is 0.262 e. The molecule has 0 aliphatic heterocycles. The zero-order valence-electron chi connectivity index (χ0n) is 19.6. The number of para-hydroxylation sites is 1. The van der Waals surface area contributed by atoms with Gasteiger partial charge in [0.05, 0.1) is 7.11 Å². The minimum absolute atomic E-state index is 0.105. The molecule has 0 fully saturated rings. The number of aryl methyl sites for hydroxylation is 1. The topological polar surface area (TPSA) is 69.6 Å². The zero-order valence-corrected chi connectivity index (χ0v) is 19.6. The van der Waals surface area contributed by atoms with Gasteiger partial charge in [0, 0.05) is 29.3 Å². The Morgan fingerprint density at radius 1 is 0.914 bits per heavy atom. The summed E-state index contributed by atoms with van der Waals surface area (Å²) in [4.78, 5) is 25.0. The van der Waals surface area contributed by atoms with E-state index in [-0.39, 0.29) is 18.3 Å². The molecule has 6 heteroatoms. The van der Waals surface area contributed by atoms with Gasteiger partial charge in [0.25, 0.3) is 5.91 Å². The van der Waals surface area contributed by atoms with Gasteiger partial charge in [0.1, 0.15) is 0 Å². The number of rotatable bonds is 9. The minimum atomic E-state index is -0.266. The predicted molar refractivity (Wildman–Crippen MR) is 137 cm³/mol. The second-order valence-electron chi connectivity index (χ2n) is 7.90. The van der Waals surface area contributed by atoms with E-state index < -0.39 is 0 Å². The number of anilines is 1. The fourth-order valence-corrected chi connectivity index (χ4v) is 3.54. The summed E-state index contributed by atoms with van der Waals surface area (Å²) in [5.74, 6) is 0.539. The van der Waals surface area contributed by atoms with Gasteiger partial charge in [-0.15, -0.1) is 0 Å². The summed E-state index contributed by atoms with van der Waals surface area (Å²) in [5.41, 5.74) is 4.01. The number of benzene rings is 3. The normalized spacial score (nSPS) is 10.8. The lowest BCUT2D eigenvalue weighted by Crippen LogP contribution is -2.20. The summed E-state index contributed by atoms with van der Waals surface area (Å²) in [6.07, 6.45) is 7.12. The maximum Gasteiger partial charge on any atom is 0.262 e. The van der Waals surface area contributed by atoms with Crippen LogP contribution in [0, 0.1) is 6.92 Å². The molecule has 0 spiro atoms. The van der Waals surface area contributed by atoms with Crippen molar-refractivity contribution in [2.45, 2.75) is 6.92 Å². The molecule has 0 aliphatic rings. The number of carbonyl (C=O) groups is 2. The highest BCUT2D eigenvalue weighted by Gasteiger charge is 2.10. The van der Waals surface area contributed by atoms with Crippen molar-refractivity contribution in [2.24, 2.45) is 0 Å². The summed E-state index contributed by atoms with van der Waals surface area (Å²) in [6.45, 7) is 1.77. The highest BCUT2D eigenvalue weighted by atomic mass is 16.5. The number of carbonyl (C=O) groups excluding carboxylic acids is 2. The van der Waals surface area contributed by atoms with E-state index in [1.165, 1.54) is 13.2 Å². The average molecular weight is 467 g/mol. The molecule has 0 bridgehead atoms. The molecule has 6 nitrogen and oxygen atoms in total. The Morgan fingerprint density at radius 2 is 1.71 bits per heavy atom. The number of amides is 1. The van der Waals surface area contributed by atoms with E-state index in [0.29, 0.717) is 17.1 Å². The van der Waals surface area contributed by atoms with Crippen LogP contribution in [0.1, 0.15) is 21.5 Å². The van der Waals surface area contributed by atoms with Crippen LogP contribution in [0.15, 0.2) is 97.3 Å². The fourth-order valence-electron chi connectivity index (χ4n) is 3.54. The van der Waals surface area contributed by atoms with Crippen molar-refractivity contribution >= 4 is 23.5 Å². The van der Waals surface area contributed by atoms with Crippen LogP contribution in [0.2, 0.25) is 0 Å². The zero-order chi connectivity index (χ0) is 24.6. The van der Waals surface area contributed by atoms with Crippen LogP contribution in [-0.2, 0) is 4.79 Å². The molecule has 0 saturated carbocycles. The van der Waals surface area contributed by atoms with E-state index in [1.54, 1.807) is 30.3 Å². The molecule has 3 aromatic carbocycles. The van der Waals surface area contributed by atoms with Crippen molar-refractivity contribution < 1.29 is 19.1 Å². The van der Waals surface area contributed by atoms with Gasteiger partial charge in [-0.05, 0) is 66.6 Å². The van der Waals surface area contributed by atoms with Crippen molar-refractivity contribution in [3.8, 4) is 17.2 Å². The second kappa shape index (κ2) is 11.0. The van der Waals surface area contributed by atoms with Crippen molar-refractivity contribution in [3.63, 3.8) is 0 Å². The van der Waals surface area contributed by atoms with E-state index in [4.69, 9.17) is 9.47 Å². The number of nitrogens with one attached hydrogen (secondary N) is 1. The highest BCUT2D eigenvalue weighted by molar-refractivity contribution is 6.07. The minimum Gasteiger partial charge on any atom is -0.493 e. The molecule has 1 N–H and O–H groups in total. The second-order valence-corrected chi connectivity index (χ2v) is 7.90. The Hall–Kier alpha value is -4.58. The molecule has 0 unspecified atom stereocenters. The van der Waals surface area contributed by atoms with Crippen molar-refractivity contribution in [1.82, 2.24) is 4.57 Å². The van der Waals surface area contributed by atoms with Crippen molar-refractivity contribution in [1.29, 1.82) is 0 Å². The van der Waals surface area contributed by atoms with Crippen LogP contribution in [-0.4, -0.2) is 30.0 Å². The first-order valence-electron chi connectivity index (χ1n) is 11.2. The average Bonchev–Trinajstić information content (AvgIpc) is 3.43. The molecule has 176 valence electrons. The molecule has 0 saturated heterocycles. The van der Waals surface area contributed by atoms with Gasteiger partial charge in [0.2, 0.25) is 0 Å². The van der Waals surface area contributed by atoms with Gasteiger partial charge < -0.3 is 19.4 Å². The quantitative estimate of drug-likeness (QED) is 0.253. The molecular formula is C29H26N2O4. The standard InChI is InChI=1S/C29H26N2O4/c1-21-8-3-4-11-25(21)30-29(33)20-35-27-15-13-22(18-28(27)34-2)12-14-26(32)23-9-7-10-24(19-23)31-16-5-6-17-31/h3-19H,20H2,1-2H3,(H,30,33)/b14-12+. The number of aromatic nitrogens is 1. The third kappa shape index (κ3) is 6.06. The third-order valence-electron chi connectivity index (χ3n) is 5.43. The fraction of sp³-hybridized carbons (Fsp3) is 0.103. The van der Waals surface area contributed by atoms with E-state index in [1.807, 2.05) is 78.5 Å². The van der Waals surface area contributed by atoms with Crippen LogP contribution in [0.3, 0.4) is 0 Å². The van der Waals surface area contributed by atoms with Crippen LogP contribution in [0.4, 0.5) is 5.69 Å². The molecular weight excluding hydrogens is 440 g/mol. The molecule has 4 aromatic rings. The van der Waals surface area contributed by atoms with Gasteiger partial charge in [-0.3, -0.25) is 9.59 Å². The van der Waals surface area contributed by atoms with E-state index in [2.05, 4.69) is 5.32 Å². The molecule has 4 rings (SSSR count). The van der Waals surface area contributed by atoms with Gasteiger partial charge >= 0.3 is 0 Å². The number of hydrogen-bond donors (Lipinski definition) is 1. The number of allylic oxidation sites excluding steroid dienone is 1. The lowest BCUT2D eigenvalue weighted by Gasteiger charge is -2.12. The Kier molecular flexibility index (Phi) is 7.43. The Bertz CT molecular complexity index is 1360. The number of methoxy groups -OCH3 is 1. The maximum absolute atomic E-state index is 12.7. The third-order valence-corrected chi connectivity index (χ3v) is 5.43. The monoisotopic (exact) mass is 466 g/mol. The molecule has 0 aliphatic carbocycles. The Balaban J connectivity index is 1.40. The Morgan fingerprint density at radius 3 is 2.49 bits per heavy atom. The summed E-state index contributed by atoms with van der Waals surface area (Å²) >= 11 is 0. The van der Waals surface area contributed by atoms with Crippen molar-refractivity contribution in [2.75, 3.05) is 19.0 Å².